The summed E-state index contributed by atoms with van der Waals surface area (Å²) in [5, 5.41) is 0. The van der Waals surface area contributed by atoms with E-state index in [0.717, 1.165) is 10.1 Å². The molecule has 3 rings (SSSR count). The van der Waals surface area contributed by atoms with Crippen LogP contribution in [0, 0.1) is 0 Å². The Balaban J connectivity index is 2.03. The first kappa shape index (κ1) is 11.2. The van der Waals surface area contributed by atoms with Crippen LogP contribution in [0.25, 0.3) is 11.2 Å². The zero-order valence-corrected chi connectivity index (χ0v) is 11.0. The predicted molar refractivity (Wildman–Crippen MR) is 73.0 cm³/mol. The summed E-state index contributed by atoms with van der Waals surface area (Å²) in [7, 11) is 0. The van der Waals surface area contributed by atoms with Crippen molar-refractivity contribution in [2.45, 2.75) is 6.54 Å². The molecule has 0 radical (unpaired) electrons. The highest BCUT2D eigenvalue weighted by Gasteiger charge is 2.07. The van der Waals surface area contributed by atoms with E-state index in [9.17, 15) is 0 Å². The minimum Gasteiger partial charge on any atom is -0.382 e. The van der Waals surface area contributed by atoms with Crippen LogP contribution in [-0.2, 0) is 6.54 Å². The Kier molecular flexibility index (Phi) is 2.71. The summed E-state index contributed by atoms with van der Waals surface area (Å²) in [6.45, 7) is 0.701. The number of hydrogen-bond acceptors (Lipinski definition) is 4. The molecule has 2 heterocycles. The van der Waals surface area contributed by atoms with Gasteiger partial charge in [-0.2, -0.15) is 0 Å². The molecular formula is C12H10BrN5. The van der Waals surface area contributed by atoms with Crippen molar-refractivity contribution in [1.29, 1.82) is 0 Å². The van der Waals surface area contributed by atoms with Crippen molar-refractivity contribution >= 4 is 32.9 Å². The quantitative estimate of drug-likeness (QED) is 0.788. The average Bonchev–Trinajstić information content (AvgIpc) is 2.74. The van der Waals surface area contributed by atoms with Gasteiger partial charge in [0, 0.05) is 4.47 Å². The normalized spacial score (nSPS) is 10.9. The molecule has 0 unspecified atom stereocenters. The molecule has 3 aromatic rings. The third-order valence-corrected chi connectivity index (χ3v) is 3.16. The van der Waals surface area contributed by atoms with E-state index >= 15 is 0 Å². The Hall–Kier alpha value is -1.95. The Morgan fingerprint density at radius 2 is 2.11 bits per heavy atom. The van der Waals surface area contributed by atoms with Crippen LogP contribution in [0.5, 0.6) is 0 Å². The van der Waals surface area contributed by atoms with Crippen molar-refractivity contribution in [2.75, 3.05) is 5.73 Å². The Labute approximate surface area is 112 Å². The fourth-order valence-electron chi connectivity index (χ4n) is 1.85. The molecule has 0 aliphatic carbocycles. The second kappa shape index (κ2) is 4.38. The number of nitrogens with two attached hydrogens (primary N) is 1. The zero-order chi connectivity index (χ0) is 12.5. The number of nitrogen functional groups attached to an aromatic ring is 1. The molecule has 0 bridgehead atoms. The topological polar surface area (TPSA) is 69.6 Å². The lowest BCUT2D eigenvalue weighted by molar-refractivity contribution is 0.812. The highest BCUT2D eigenvalue weighted by molar-refractivity contribution is 9.10. The summed E-state index contributed by atoms with van der Waals surface area (Å²) in [5.74, 6) is 0.410. The molecule has 0 saturated carbocycles. The standard InChI is InChI=1S/C12H10BrN5/c13-9-3-1-2-8(4-9)5-18-7-17-10-11(14)15-6-16-12(10)18/h1-4,6-7H,5H2,(H2,14,15,16). The fourth-order valence-corrected chi connectivity index (χ4v) is 2.29. The molecule has 0 atom stereocenters. The van der Waals surface area contributed by atoms with E-state index in [2.05, 4.69) is 43.0 Å². The summed E-state index contributed by atoms with van der Waals surface area (Å²) in [6, 6.07) is 8.12. The van der Waals surface area contributed by atoms with Crippen molar-refractivity contribution in [1.82, 2.24) is 19.5 Å². The van der Waals surface area contributed by atoms with Crippen LogP contribution in [0.15, 0.2) is 41.4 Å². The SMILES string of the molecule is Nc1ncnc2c1ncn2Cc1cccc(Br)c1. The van der Waals surface area contributed by atoms with Crippen molar-refractivity contribution in [2.24, 2.45) is 0 Å². The summed E-state index contributed by atoms with van der Waals surface area (Å²) < 4.78 is 3.01. The van der Waals surface area contributed by atoms with Crippen molar-refractivity contribution in [3.8, 4) is 0 Å². The van der Waals surface area contributed by atoms with Crippen LogP contribution in [0.4, 0.5) is 5.82 Å². The molecule has 1 aromatic carbocycles. The van der Waals surface area contributed by atoms with Crippen LogP contribution in [-0.4, -0.2) is 19.5 Å². The number of rotatable bonds is 2. The number of fused-ring (bicyclic) bond motifs is 1. The average molecular weight is 304 g/mol. The molecule has 0 saturated heterocycles. The number of halogens is 1. The molecule has 0 amide bonds. The molecule has 2 aromatic heterocycles. The summed E-state index contributed by atoms with van der Waals surface area (Å²) in [6.07, 6.45) is 3.19. The number of aromatic nitrogens is 4. The van der Waals surface area contributed by atoms with Crippen molar-refractivity contribution in [3.05, 3.63) is 47.0 Å². The molecule has 0 spiro atoms. The van der Waals surface area contributed by atoms with Crippen LogP contribution in [0.3, 0.4) is 0 Å². The maximum absolute atomic E-state index is 5.75. The van der Waals surface area contributed by atoms with Gasteiger partial charge < -0.3 is 10.3 Å². The first-order valence-corrected chi connectivity index (χ1v) is 6.19. The fraction of sp³-hybridized carbons (Fsp3) is 0.0833. The van der Waals surface area contributed by atoms with E-state index in [1.54, 1.807) is 6.33 Å². The molecule has 18 heavy (non-hydrogen) atoms. The van der Waals surface area contributed by atoms with Gasteiger partial charge in [-0.3, -0.25) is 0 Å². The van der Waals surface area contributed by atoms with Gasteiger partial charge in [-0.15, -0.1) is 0 Å². The van der Waals surface area contributed by atoms with Gasteiger partial charge in [0.2, 0.25) is 0 Å². The predicted octanol–water partition coefficient (Wildman–Crippen LogP) is 2.22. The molecule has 5 nitrogen and oxygen atoms in total. The van der Waals surface area contributed by atoms with Crippen LogP contribution < -0.4 is 5.73 Å². The van der Waals surface area contributed by atoms with Gasteiger partial charge in [0.15, 0.2) is 11.5 Å². The third kappa shape index (κ3) is 1.95. The zero-order valence-electron chi connectivity index (χ0n) is 9.42. The van der Waals surface area contributed by atoms with Crippen LogP contribution in [0.1, 0.15) is 5.56 Å². The highest BCUT2D eigenvalue weighted by Crippen LogP contribution is 2.17. The first-order valence-electron chi connectivity index (χ1n) is 5.40. The molecule has 0 fully saturated rings. The second-order valence-corrected chi connectivity index (χ2v) is 4.85. The van der Waals surface area contributed by atoms with E-state index in [1.165, 1.54) is 11.9 Å². The first-order chi connectivity index (χ1) is 8.74. The lowest BCUT2D eigenvalue weighted by atomic mass is 10.2. The third-order valence-electron chi connectivity index (χ3n) is 2.67. The van der Waals surface area contributed by atoms with E-state index < -0.39 is 0 Å². The van der Waals surface area contributed by atoms with Gasteiger partial charge >= 0.3 is 0 Å². The molecule has 6 heteroatoms. The monoisotopic (exact) mass is 303 g/mol. The van der Waals surface area contributed by atoms with E-state index in [4.69, 9.17) is 5.73 Å². The van der Waals surface area contributed by atoms with Crippen molar-refractivity contribution < 1.29 is 0 Å². The number of benzene rings is 1. The lowest BCUT2D eigenvalue weighted by Crippen LogP contribution is -2.00. The number of hydrogen-bond donors (Lipinski definition) is 1. The van der Waals surface area contributed by atoms with Crippen LogP contribution >= 0.6 is 15.9 Å². The molecule has 90 valence electrons. The van der Waals surface area contributed by atoms with Gasteiger partial charge in [0.25, 0.3) is 0 Å². The molecule has 0 aliphatic heterocycles. The highest BCUT2D eigenvalue weighted by atomic mass is 79.9. The lowest BCUT2D eigenvalue weighted by Gasteiger charge is -2.04. The summed E-state index contributed by atoms with van der Waals surface area (Å²) in [5.41, 5.74) is 8.32. The van der Waals surface area contributed by atoms with Gasteiger partial charge in [0.1, 0.15) is 11.8 Å². The maximum atomic E-state index is 5.75. The van der Waals surface area contributed by atoms with E-state index in [1.807, 2.05) is 16.7 Å². The van der Waals surface area contributed by atoms with E-state index in [0.29, 0.717) is 17.9 Å². The number of imidazole rings is 1. The Morgan fingerprint density at radius 3 is 2.94 bits per heavy atom. The number of nitrogens with zero attached hydrogens (tertiary/aromatic N) is 4. The van der Waals surface area contributed by atoms with Crippen molar-refractivity contribution in [3.63, 3.8) is 0 Å². The molecular weight excluding hydrogens is 294 g/mol. The second-order valence-electron chi connectivity index (χ2n) is 3.93. The minimum absolute atomic E-state index is 0.410. The Bertz CT molecular complexity index is 707. The Morgan fingerprint density at radius 1 is 1.22 bits per heavy atom. The summed E-state index contributed by atoms with van der Waals surface area (Å²) in [4.78, 5) is 12.4. The molecule has 2 N–H and O–H groups in total. The van der Waals surface area contributed by atoms with E-state index in [-0.39, 0.29) is 0 Å². The van der Waals surface area contributed by atoms with Gasteiger partial charge in [-0.25, -0.2) is 15.0 Å². The summed E-state index contributed by atoms with van der Waals surface area (Å²) >= 11 is 3.46. The van der Waals surface area contributed by atoms with Gasteiger partial charge in [-0.05, 0) is 17.7 Å². The van der Waals surface area contributed by atoms with Gasteiger partial charge in [0.05, 0.1) is 12.9 Å². The minimum atomic E-state index is 0.410. The maximum Gasteiger partial charge on any atom is 0.165 e. The largest absolute Gasteiger partial charge is 0.382 e. The molecule has 0 aliphatic rings. The van der Waals surface area contributed by atoms with Crippen LogP contribution in [0.2, 0.25) is 0 Å². The number of anilines is 1. The van der Waals surface area contributed by atoms with Gasteiger partial charge in [-0.1, -0.05) is 28.1 Å². The smallest absolute Gasteiger partial charge is 0.165 e.